The molecule has 2 rings (SSSR count). The second-order valence-corrected chi connectivity index (χ2v) is 4.72. The number of carbonyl (C=O) groups excluding carboxylic acids is 1. The van der Waals surface area contributed by atoms with Gasteiger partial charge in [-0.25, -0.2) is 0 Å². The van der Waals surface area contributed by atoms with Crippen LogP contribution in [0.2, 0.25) is 0 Å². The molecule has 1 aliphatic heterocycles. The lowest BCUT2D eigenvalue weighted by Crippen LogP contribution is -2.51. The van der Waals surface area contributed by atoms with Crippen LogP contribution in [0.1, 0.15) is 35.7 Å². The number of hydrogen-bond donors (Lipinski definition) is 2. The summed E-state index contributed by atoms with van der Waals surface area (Å²) in [6.45, 7) is 5.09. The summed E-state index contributed by atoms with van der Waals surface area (Å²) < 4.78 is 0. The number of amides is 1. The molecule has 2 unspecified atom stereocenters. The topological polar surface area (TPSA) is 54.0 Å². The van der Waals surface area contributed by atoms with Gasteiger partial charge in [0, 0.05) is 24.5 Å². The Morgan fingerprint density at radius 1 is 1.42 bits per heavy atom. The van der Waals surface area contributed by atoms with Crippen LogP contribution < -0.4 is 10.6 Å². The molecule has 1 saturated heterocycles. The van der Waals surface area contributed by atoms with Crippen LogP contribution in [0.3, 0.4) is 0 Å². The normalized spacial score (nSPS) is 21.8. The van der Waals surface area contributed by atoms with Gasteiger partial charge in [0.25, 0.3) is 5.91 Å². The van der Waals surface area contributed by atoms with Gasteiger partial charge in [0.05, 0.1) is 5.56 Å². The molecule has 108 valence electrons. The maximum Gasteiger partial charge on any atom is 0.253 e. The molecule has 19 heavy (non-hydrogen) atoms. The van der Waals surface area contributed by atoms with Gasteiger partial charge in [-0.3, -0.25) is 9.78 Å². The second-order valence-electron chi connectivity index (χ2n) is 4.72. The van der Waals surface area contributed by atoms with Crippen molar-refractivity contribution >= 4 is 30.7 Å². The average molecular weight is 306 g/mol. The molecule has 1 amide bonds. The minimum atomic E-state index is -0.0262. The fourth-order valence-electron chi connectivity index (χ4n) is 2.17. The number of pyridine rings is 1. The molecule has 0 bridgehead atoms. The fraction of sp³-hybridized carbons (Fsp3) is 0.538. The van der Waals surface area contributed by atoms with E-state index in [1.165, 1.54) is 0 Å². The molecule has 1 aliphatic rings. The summed E-state index contributed by atoms with van der Waals surface area (Å²) in [4.78, 5) is 16.1. The Morgan fingerprint density at radius 2 is 2.16 bits per heavy atom. The highest BCUT2D eigenvalue weighted by atomic mass is 35.5. The van der Waals surface area contributed by atoms with Crippen molar-refractivity contribution in [1.29, 1.82) is 0 Å². The summed E-state index contributed by atoms with van der Waals surface area (Å²) in [5.74, 6) is -0.0262. The maximum absolute atomic E-state index is 12.0. The molecule has 0 aromatic carbocycles. The van der Waals surface area contributed by atoms with Crippen molar-refractivity contribution in [1.82, 2.24) is 15.6 Å². The first-order chi connectivity index (χ1) is 8.16. The summed E-state index contributed by atoms with van der Waals surface area (Å²) in [7, 11) is 0. The summed E-state index contributed by atoms with van der Waals surface area (Å²) in [6.07, 6.45) is 5.52. The Bertz CT molecular complexity index is 415. The molecule has 0 spiro atoms. The number of piperidine rings is 1. The van der Waals surface area contributed by atoms with E-state index < -0.39 is 0 Å². The van der Waals surface area contributed by atoms with Gasteiger partial charge in [-0.1, -0.05) is 0 Å². The van der Waals surface area contributed by atoms with Crippen molar-refractivity contribution in [3.8, 4) is 0 Å². The van der Waals surface area contributed by atoms with E-state index in [2.05, 4.69) is 22.5 Å². The Balaban J connectivity index is 0.00000162. The predicted molar refractivity (Wildman–Crippen MR) is 81.4 cm³/mol. The van der Waals surface area contributed by atoms with Crippen LogP contribution in [0.15, 0.2) is 18.5 Å². The average Bonchev–Trinajstić information content (AvgIpc) is 2.32. The van der Waals surface area contributed by atoms with Gasteiger partial charge in [0.15, 0.2) is 0 Å². The van der Waals surface area contributed by atoms with Crippen molar-refractivity contribution in [3.05, 3.63) is 29.6 Å². The smallest absolute Gasteiger partial charge is 0.253 e. The van der Waals surface area contributed by atoms with Crippen molar-refractivity contribution in [2.24, 2.45) is 0 Å². The van der Waals surface area contributed by atoms with E-state index in [4.69, 9.17) is 0 Å². The minimum Gasteiger partial charge on any atom is -0.348 e. The SMILES string of the molecule is Cc1cncc(C(=O)NC2CCCNC2C)c1.Cl.Cl. The van der Waals surface area contributed by atoms with E-state index >= 15 is 0 Å². The first kappa shape index (κ1) is 18.2. The third kappa shape index (κ3) is 4.97. The van der Waals surface area contributed by atoms with Gasteiger partial charge in [-0.2, -0.15) is 0 Å². The molecule has 2 heterocycles. The first-order valence-corrected chi connectivity index (χ1v) is 6.13. The summed E-state index contributed by atoms with van der Waals surface area (Å²) in [5, 5.41) is 6.44. The van der Waals surface area contributed by atoms with Crippen LogP contribution in [0.25, 0.3) is 0 Å². The molecule has 1 aromatic heterocycles. The highest BCUT2D eigenvalue weighted by Gasteiger charge is 2.22. The molecule has 1 fully saturated rings. The number of rotatable bonds is 2. The van der Waals surface area contributed by atoms with E-state index in [-0.39, 0.29) is 36.8 Å². The molecule has 4 nitrogen and oxygen atoms in total. The molecule has 6 heteroatoms. The standard InChI is InChI=1S/C13H19N3O.2ClH/c1-9-6-11(8-14-7-9)13(17)16-12-4-3-5-15-10(12)2;;/h6-8,10,12,15H,3-5H2,1-2H3,(H,16,17);2*1H. The number of carbonyl (C=O) groups is 1. The van der Waals surface area contributed by atoms with Gasteiger partial charge < -0.3 is 10.6 Å². The van der Waals surface area contributed by atoms with Crippen LogP contribution in [0, 0.1) is 6.92 Å². The van der Waals surface area contributed by atoms with Gasteiger partial charge in [0.2, 0.25) is 0 Å². The number of halogens is 2. The van der Waals surface area contributed by atoms with Crippen LogP contribution in [0.4, 0.5) is 0 Å². The monoisotopic (exact) mass is 305 g/mol. The largest absolute Gasteiger partial charge is 0.348 e. The third-order valence-corrected chi connectivity index (χ3v) is 3.22. The predicted octanol–water partition coefficient (Wildman–Crippen LogP) is 2.10. The molecular formula is C13H21Cl2N3O. The Morgan fingerprint density at radius 3 is 2.79 bits per heavy atom. The third-order valence-electron chi connectivity index (χ3n) is 3.22. The summed E-state index contributed by atoms with van der Waals surface area (Å²) >= 11 is 0. The molecule has 0 radical (unpaired) electrons. The number of nitrogens with one attached hydrogen (secondary N) is 2. The van der Waals surface area contributed by atoms with Crippen LogP contribution in [-0.4, -0.2) is 29.5 Å². The maximum atomic E-state index is 12.0. The Kier molecular flexibility index (Phi) is 7.99. The zero-order valence-corrected chi connectivity index (χ0v) is 12.8. The van der Waals surface area contributed by atoms with Crippen molar-refractivity contribution in [2.75, 3.05) is 6.54 Å². The number of hydrogen-bond acceptors (Lipinski definition) is 3. The highest BCUT2D eigenvalue weighted by molar-refractivity contribution is 5.94. The number of aryl methyl sites for hydroxylation is 1. The second kappa shape index (κ2) is 8.35. The van der Waals surface area contributed by atoms with Crippen molar-refractivity contribution < 1.29 is 4.79 Å². The van der Waals surface area contributed by atoms with Gasteiger partial charge in [-0.05, 0) is 44.9 Å². The molecule has 2 atom stereocenters. The van der Waals surface area contributed by atoms with Crippen molar-refractivity contribution in [2.45, 2.75) is 38.8 Å². The lowest BCUT2D eigenvalue weighted by atomic mass is 9.99. The lowest BCUT2D eigenvalue weighted by molar-refractivity contribution is 0.0919. The van der Waals surface area contributed by atoms with Crippen molar-refractivity contribution in [3.63, 3.8) is 0 Å². The van der Waals surface area contributed by atoms with Crippen LogP contribution in [-0.2, 0) is 0 Å². The molecule has 1 aromatic rings. The molecule has 0 saturated carbocycles. The van der Waals surface area contributed by atoms with E-state index in [1.54, 1.807) is 12.4 Å². The molecule has 2 N–H and O–H groups in total. The van der Waals surface area contributed by atoms with Crippen LogP contribution in [0.5, 0.6) is 0 Å². The van der Waals surface area contributed by atoms with E-state index in [0.717, 1.165) is 24.9 Å². The van der Waals surface area contributed by atoms with E-state index in [1.807, 2.05) is 13.0 Å². The zero-order chi connectivity index (χ0) is 12.3. The first-order valence-electron chi connectivity index (χ1n) is 6.13. The van der Waals surface area contributed by atoms with Gasteiger partial charge in [-0.15, -0.1) is 24.8 Å². The van der Waals surface area contributed by atoms with E-state index in [9.17, 15) is 4.79 Å². The Hall–Kier alpha value is -0.840. The quantitative estimate of drug-likeness (QED) is 0.880. The fourth-order valence-corrected chi connectivity index (χ4v) is 2.17. The number of nitrogens with zero attached hydrogens (tertiary/aromatic N) is 1. The zero-order valence-electron chi connectivity index (χ0n) is 11.2. The van der Waals surface area contributed by atoms with Gasteiger partial charge >= 0.3 is 0 Å². The highest BCUT2D eigenvalue weighted by Crippen LogP contribution is 2.09. The summed E-state index contributed by atoms with van der Waals surface area (Å²) in [5.41, 5.74) is 1.65. The number of aromatic nitrogens is 1. The van der Waals surface area contributed by atoms with E-state index in [0.29, 0.717) is 11.6 Å². The van der Waals surface area contributed by atoms with Crippen LogP contribution >= 0.6 is 24.8 Å². The molecular weight excluding hydrogens is 285 g/mol. The minimum absolute atomic E-state index is 0. The van der Waals surface area contributed by atoms with Gasteiger partial charge in [0.1, 0.15) is 0 Å². The lowest BCUT2D eigenvalue weighted by Gasteiger charge is -2.30. The Labute approximate surface area is 126 Å². The summed E-state index contributed by atoms with van der Waals surface area (Å²) in [6, 6.07) is 2.42. The molecule has 0 aliphatic carbocycles.